The first kappa shape index (κ1) is 20.9. The molecule has 2 N–H and O–H groups in total. The molecule has 9 heteroatoms. The monoisotopic (exact) mass is 372 g/mol. The van der Waals surface area contributed by atoms with Gasteiger partial charge in [-0.15, -0.1) is 0 Å². The molecule has 0 spiro atoms. The molecule has 0 saturated carbocycles. The number of nitrogens with one attached hydrogen (secondary N) is 1. The van der Waals surface area contributed by atoms with Crippen molar-refractivity contribution >= 4 is 27.6 Å². The number of rotatable bonds is 10. The SMILES string of the molecule is CCN(CC)S(=O)(=O)c1ccc(OC)c(NC(=O)CCCC(=O)O)c1. The fourth-order valence-electron chi connectivity index (χ4n) is 2.27. The quantitative estimate of drug-likeness (QED) is 0.649. The molecule has 0 atom stereocenters. The highest BCUT2D eigenvalue weighted by molar-refractivity contribution is 7.89. The number of anilines is 1. The maximum Gasteiger partial charge on any atom is 0.303 e. The Morgan fingerprint density at radius 3 is 2.36 bits per heavy atom. The second kappa shape index (κ2) is 9.38. The molecular weight excluding hydrogens is 348 g/mol. The summed E-state index contributed by atoms with van der Waals surface area (Å²) in [7, 11) is -2.25. The number of sulfonamides is 1. The summed E-state index contributed by atoms with van der Waals surface area (Å²) in [5.74, 6) is -1.06. The Bertz CT molecular complexity index is 713. The zero-order valence-corrected chi connectivity index (χ0v) is 15.4. The Hall–Kier alpha value is -2.13. The molecule has 8 nitrogen and oxygen atoms in total. The summed E-state index contributed by atoms with van der Waals surface area (Å²) in [6.45, 7) is 4.16. The van der Waals surface area contributed by atoms with E-state index in [-0.39, 0.29) is 29.8 Å². The van der Waals surface area contributed by atoms with Gasteiger partial charge in [0, 0.05) is 25.9 Å². The zero-order chi connectivity index (χ0) is 19.0. The molecule has 140 valence electrons. The number of aliphatic carboxylic acids is 1. The van der Waals surface area contributed by atoms with Gasteiger partial charge in [-0.2, -0.15) is 4.31 Å². The van der Waals surface area contributed by atoms with E-state index in [9.17, 15) is 18.0 Å². The first-order chi connectivity index (χ1) is 11.8. The number of carboxylic acids is 1. The fourth-order valence-corrected chi connectivity index (χ4v) is 3.76. The number of benzene rings is 1. The molecule has 0 aliphatic rings. The maximum atomic E-state index is 12.6. The Morgan fingerprint density at radius 2 is 1.84 bits per heavy atom. The number of hydrogen-bond donors (Lipinski definition) is 2. The molecule has 0 radical (unpaired) electrons. The van der Waals surface area contributed by atoms with Crippen LogP contribution in [-0.2, 0) is 19.6 Å². The van der Waals surface area contributed by atoms with Gasteiger partial charge in [-0.1, -0.05) is 13.8 Å². The van der Waals surface area contributed by atoms with Crippen LogP contribution in [0.4, 0.5) is 5.69 Å². The van der Waals surface area contributed by atoms with E-state index in [4.69, 9.17) is 9.84 Å². The van der Waals surface area contributed by atoms with Crippen molar-refractivity contribution < 1.29 is 27.9 Å². The highest BCUT2D eigenvalue weighted by atomic mass is 32.2. The minimum Gasteiger partial charge on any atom is -0.495 e. The third-order valence-electron chi connectivity index (χ3n) is 3.58. The molecule has 1 aromatic rings. The molecule has 1 rings (SSSR count). The van der Waals surface area contributed by atoms with Crippen LogP contribution in [0.25, 0.3) is 0 Å². The summed E-state index contributed by atoms with van der Waals surface area (Å²) in [5.41, 5.74) is 0.232. The summed E-state index contributed by atoms with van der Waals surface area (Å²) in [4.78, 5) is 22.5. The summed E-state index contributed by atoms with van der Waals surface area (Å²) < 4.78 is 31.6. The first-order valence-electron chi connectivity index (χ1n) is 7.96. The summed E-state index contributed by atoms with van der Waals surface area (Å²) in [5, 5.41) is 11.2. The molecule has 0 bridgehead atoms. The zero-order valence-electron chi connectivity index (χ0n) is 14.6. The van der Waals surface area contributed by atoms with Gasteiger partial charge in [0.2, 0.25) is 15.9 Å². The average Bonchev–Trinajstić information content (AvgIpc) is 2.55. The van der Waals surface area contributed by atoms with Crippen molar-refractivity contribution in [3.8, 4) is 5.75 Å². The van der Waals surface area contributed by atoms with Crippen LogP contribution >= 0.6 is 0 Å². The van der Waals surface area contributed by atoms with Crippen LogP contribution in [0.15, 0.2) is 23.1 Å². The van der Waals surface area contributed by atoms with Crippen molar-refractivity contribution in [3.63, 3.8) is 0 Å². The minimum absolute atomic E-state index is 0.0163. The number of methoxy groups -OCH3 is 1. The van der Waals surface area contributed by atoms with E-state index in [0.717, 1.165) is 0 Å². The number of amides is 1. The van der Waals surface area contributed by atoms with Crippen LogP contribution in [0.2, 0.25) is 0 Å². The van der Waals surface area contributed by atoms with Crippen LogP contribution in [0.3, 0.4) is 0 Å². The molecule has 0 aliphatic heterocycles. The Kier molecular flexibility index (Phi) is 7.85. The molecule has 0 aliphatic carbocycles. The highest BCUT2D eigenvalue weighted by Gasteiger charge is 2.23. The second-order valence-electron chi connectivity index (χ2n) is 5.25. The van der Waals surface area contributed by atoms with Gasteiger partial charge in [-0.25, -0.2) is 8.42 Å². The van der Waals surface area contributed by atoms with Gasteiger partial charge in [0.1, 0.15) is 5.75 Å². The van der Waals surface area contributed by atoms with Gasteiger partial charge in [0.25, 0.3) is 0 Å². The van der Waals surface area contributed by atoms with Crippen molar-refractivity contribution in [3.05, 3.63) is 18.2 Å². The lowest BCUT2D eigenvalue weighted by Crippen LogP contribution is -2.30. The number of ether oxygens (including phenoxy) is 1. The van der Waals surface area contributed by atoms with Crippen LogP contribution in [0.1, 0.15) is 33.1 Å². The molecule has 0 heterocycles. The van der Waals surface area contributed by atoms with E-state index in [2.05, 4.69) is 5.32 Å². The Labute approximate surface area is 147 Å². The molecule has 0 unspecified atom stereocenters. The van der Waals surface area contributed by atoms with Gasteiger partial charge >= 0.3 is 5.97 Å². The summed E-state index contributed by atoms with van der Waals surface area (Å²) >= 11 is 0. The van der Waals surface area contributed by atoms with Crippen molar-refractivity contribution in [1.29, 1.82) is 0 Å². The van der Waals surface area contributed by atoms with Crippen molar-refractivity contribution in [1.82, 2.24) is 4.31 Å². The van der Waals surface area contributed by atoms with E-state index in [1.807, 2.05) is 0 Å². The molecule has 0 saturated heterocycles. The van der Waals surface area contributed by atoms with E-state index < -0.39 is 21.9 Å². The lowest BCUT2D eigenvalue weighted by atomic mass is 10.2. The molecule has 0 fully saturated rings. The van der Waals surface area contributed by atoms with E-state index in [0.29, 0.717) is 18.8 Å². The van der Waals surface area contributed by atoms with Gasteiger partial charge in [-0.05, 0) is 24.6 Å². The van der Waals surface area contributed by atoms with E-state index >= 15 is 0 Å². The number of carboxylic acid groups (broad SMARTS) is 1. The van der Waals surface area contributed by atoms with E-state index in [1.165, 1.54) is 29.6 Å². The number of nitrogens with zero attached hydrogens (tertiary/aromatic N) is 1. The lowest BCUT2D eigenvalue weighted by molar-refractivity contribution is -0.137. The number of carbonyl (C=O) groups is 2. The molecule has 1 amide bonds. The predicted octanol–water partition coefficient (Wildman–Crippen LogP) is 1.92. The molecule has 1 aromatic carbocycles. The Balaban J connectivity index is 3.03. The van der Waals surface area contributed by atoms with Gasteiger partial charge < -0.3 is 15.2 Å². The summed E-state index contributed by atoms with van der Waals surface area (Å²) in [6.07, 6.45) is 0.102. The second-order valence-corrected chi connectivity index (χ2v) is 7.18. The molecule has 0 aromatic heterocycles. The highest BCUT2D eigenvalue weighted by Crippen LogP contribution is 2.29. The molecular formula is C16H24N2O6S. The van der Waals surface area contributed by atoms with Crippen molar-refractivity contribution in [2.45, 2.75) is 38.0 Å². The van der Waals surface area contributed by atoms with Crippen molar-refractivity contribution in [2.75, 3.05) is 25.5 Å². The molecule has 25 heavy (non-hydrogen) atoms. The Morgan fingerprint density at radius 1 is 1.20 bits per heavy atom. The maximum absolute atomic E-state index is 12.6. The van der Waals surface area contributed by atoms with Gasteiger partial charge in [0.05, 0.1) is 17.7 Å². The van der Waals surface area contributed by atoms with Gasteiger partial charge in [0.15, 0.2) is 0 Å². The topological polar surface area (TPSA) is 113 Å². The number of hydrogen-bond acceptors (Lipinski definition) is 5. The first-order valence-corrected chi connectivity index (χ1v) is 9.40. The fraction of sp³-hybridized carbons (Fsp3) is 0.500. The summed E-state index contributed by atoms with van der Waals surface area (Å²) in [6, 6.07) is 4.25. The smallest absolute Gasteiger partial charge is 0.303 e. The standard InChI is InChI=1S/C16H24N2O6S/c1-4-18(5-2)25(22,23)12-9-10-14(24-3)13(11-12)17-15(19)7-6-8-16(20)21/h9-11H,4-8H2,1-3H3,(H,17,19)(H,20,21). The minimum atomic E-state index is -3.66. The van der Waals surface area contributed by atoms with Crippen LogP contribution in [-0.4, -0.2) is 49.9 Å². The third-order valence-corrected chi connectivity index (χ3v) is 5.63. The normalized spacial score (nSPS) is 11.4. The van der Waals surface area contributed by atoms with E-state index in [1.54, 1.807) is 13.8 Å². The number of carbonyl (C=O) groups excluding carboxylic acids is 1. The largest absolute Gasteiger partial charge is 0.495 e. The van der Waals surface area contributed by atoms with Crippen LogP contribution < -0.4 is 10.1 Å². The van der Waals surface area contributed by atoms with Crippen LogP contribution in [0, 0.1) is 0 Å². The van der Waals surface area contributed by atoms with Gasteiger partial charge in [-0.3, -0.25) is 9.59 Å². The van der Waals surface area contributed by atoms with Crippen LogP contribution in [0.5, 0.6) is 5.75 Å². The van der Waals surface area contributed by atoms with Crippen molar-refractivity contribution in [2.24, 2.45) is 0 Å². The predicted molar refractivity (Wildman–Crippen MR) is 93.2 cm³/mol. The third kappa shape index (κ3) is 5.71. The lowest BCUT2D eigenvalue weighted by Gasteiger charge is -2.19. The average molecular weight is 372 g/mol.